The first-order valence-electron chi connectivity index (χ1n) is 10.1. The van der Waals surface area contributed by atoms with Crippen LogP contribution in [0.15, 0.2) is 40.7 Å². The van der Waals surface area contributed by atoms with Gasteiger partial charge in [-0.1, -0.05) is 37.3 Å². The maximum Gasteiger partial charge on any atom is 0.191 e. The van der Waals surface area contributed by atoms with E-state index in [1.807, 2.05) is 18.2 Å². The molecule has 0 saturated carbocycles. The first-order chi connectivity index (χ1) is 13.3. The maximum absolute atomic E-state index is 4.77. The number of benzene rings is 1. The topological polar surface area (TPSA) is 52.5 Å². The van der Waals surface area contributed by atoms with Crippen LogP contribution in [0.4, 0.5) is 0 Å². The molecule has 2 heterocycles. The second-order valence-electron chi connectivity index (χ2n) is 6.97. The van der Waals surface area contributed by atoms with Gasteiger partial charge in [-0.25, -0.2) is 9.98 Å². The molecule has 1 fully saturated rings. The molecule has 27 heavy (non-hydrogen) atoms. The monoisotopic (exact) mass is 385 g/mol. The van der Waals surface area contributed by atoms with Crippen molar-refractivity contribution < 1.29 is 0 Å². The van der Waals surface area contributed by atoms with Crippen molar-refractivity contribution in [2.75, 3.05) is 26.2 Å². The molecule has 5 nitrogen and oxygen atoms in total. The average Bonchev–Trinajstić information content (AvgIpc) is 3.18. The first kappa shape index (κ1) is 19.8. The number of likely N-dealkylation sites (tertiary alicyclic amines) is 1. The highest BCUT2D eigenvalue weighted by Gasteiger charge is 2.19. The summed E-state index contributed by atoms with van der Waals surface area (Å²) >= 11 is 1.68. The average molecular weight is 386 g/mol. The van der Waals surface area contributed by atoms with Crippen molar-refractivity contribution in [1.29, 1.82) is 0 Å². The summed E-state index contributed by atoms with van der Waals surface area (Å²) in [6.45, 7) is 9.41. The van der Waals surface area contributed by atoms with E-state index in [2.05, 4.69) is 46.9 Å². The molecular formula is C21H31N5S. The number of nitrogens with one attached hydrogen (secondary N) is 2. The van der Waals surface area contributed by atoms with Crippen LogP contribution in [0.1, 0.15) is 38.8 Å². The molecule has 0 bridgehead atoms. The van der Waals surface area contributed by atoms with Gasteiger partial charge in [-0.2, -0.15) is 0 Å². The largest absolute Gasteiger partial charge is 0.357 e. The van der Waals surface area contributed by atoms with E-state index in [1.54, 1.807) is 11.3 Å². The summed E-state index contributed by atoms with van der Waals surface area (Å²) < 4.78 is 0. The van der Waals surface area contributed by atoms with Crippen molar-refractivity contribution >= 4 is 17.3 Å². The molecule has 3 rings (SSSR count). The lowest BCUT2D eigenvalue weighted by atomic mass is 10.1. The summed E-state index contributed by atoms with van der Waals surface area (Å²) in [6.07, 6.45) is 3.60. The summed E-state index contributed by atoms with van der Waals surface area (Å²) in [5.41, 5.74) is 2.19. The Balaban J connectivity index is 1.56. The van der Waals surface area contributed by atoms with Gasteiger partial charge in [0, 0.05) is 36.6 Å². The van der Waals surface area contributed by atoms with Crippen molar-refractivity contribution in [3.63, 3.8) is 0 Å². The Morgan fingerprint density at radius 1 is 1.22 bits per heavy atom. The zero-order valence-electron chi connectivity index (χ0n) is 16.4. The van der Waals surface area contributed by atoms with Crippen molar-refractivity contribution in [3.05, 3.63) is 41.4 Å². The number of piperidine rings is 1. The fourth-order valence-corrected chi connectivity index (χ4v) is 4.20. The molecule has 0 spiro atoms. The standard InChI is InChI=1S/C21H31N5S/c1-3-12-26-13-10-18(11-14-26)25-21(22-4-2)23-15-19-16-27-20(24-19)17-8-6-5-7-9-17/h5-9,16,18H,3-4,10-15H2,1-2H3,(H2,22,23,25). The highest BCUT2D eigenvalue weighted by atomic mass is 32.1. The zero-order chi connectivity index (χ0) is 18.9. The molecule has 2 aromatic rings. The summed E-state index contributed by atoms with van der Waals surface area (Å²) in [5.74, 6) is 0.903. The smallest absolute Gasteiger partial charge is 0.191 e. The molecule has 1 aliphatic rings. The quantitative estimate of drug-likeness (QED) is 0.563. The SMILES string of the molecule is CCCN1CCC(NC(=NCc2csc(-c3ccccc3)n2)NCC)CC1. The second kappa shape index (κ2) is 10.4. The number of hydrogen-bond acceptors (Lipinski definition) is 4. The van der Waals surface area contributed by atoms with E-state index in [0.29, 0.717) is 12.6 Å². The van der Waals surface area contributed by atoms with Crippen LogP contribution in [0.2, 0.25) is 0 Å². The van der Waals surface area contributed by atoms with E-state index in [4.69, 9.17) is 9.98 Å². The predicted molar refractivity (Wildman–Crippen MR) is 115 cm³/mol. The van der Waals surface area contributed by atoms with Gasteiger partial charge in [-0.05, 0) is 32.7 Å². The van der Waals surface area contributed by atoms with Crippen molar-refractivity contribution in [1.82, 2.24) is 20.5 Å². The fourth-order valence-electron chi connectivity index (χ4n) is 3.38. The molecule has 0 unspecified atom stereocenters. The Labute approximate surface area is 166 Å². The molecule has 0 amide bonds. The molecular weight excluding hydrogens is 354 g/mol. The van der Waals surface area contributed by atoms with E-state index in [-0.39, 0.29) is 0 Å². The predicted octanol–water partition coefficient (Wildman–Crippen LogP) is 3.74. The van der Waals surface area contributed by atoms with Crippen LogP contribution in [0.5, 0.6) is 0 Å². The minimum absolute atomic E-state index is 0.506. The van der Waals surface area contributed by atoms with Crippen molar-refractivity contribution in [3.8, 4) is 10.6 Å². The number of nitrogens with zero attached hydrogens (tertiary/aromatic N) is 3. The third kappa shape index (κ3) is 6.04. The van der Waals surface area contributed by atoms with Crippen LogP contribution in [-0.4, -0.2) is 48.1 Å². The Bertz CT molecular complexity index is 704. The van der Waals surface area contributed by atoms with E-state index in [0.717, 1.165) is 23.2 Å². The number of aromatic nitrogens is 1. The van der Waals surface area contributed by atoms with E-state index in [1.165, 1.54) is 44.5 Å². The fraction of sp³-hybridized carbons (Fsp3) is 0.524. The summed E-state index contributed by atoms with van der Waals surface area (Å²) in [7, 11) is 0. The van der Waals surface area contributed by atoms with Gasteiger partial charge in [0.15, 0.2) is 5.96 Å². The molecule has 1 aliphatic heterocycles. The van der Waals surface area contributed by atoms with Crippen LogP contribution in [-0.2, 0) is 6.54 Å². The summed E-state index contributed by atoms with van der Waals surface area (Å²) in [4.78, 5) is 12.1. The highest BCUT2D eigenvalue weighted by Crippen LogP contribution is 2.23. The molecule has 1 saturated heterocycles. The summed E-state index contributed by atoms with van der Waals surface area (Å²) in [6, 6.07) is 10.8. The Morgan fingerprint density at radius 2 is 2.00 bits per heavy atom. The summed E-state index contributed by atoms with van der Waals surface area (Å²) in [5, 5.41) is 10.2. The molecule has 0 radical (unpaired) electrons. The molecule has 2 N–H and O–H groups in total. The number of thiazole rings is 1. The second-order valence-corrected chi connectivity index (χ2v) is 7.82. The molecule has 146 valence electrons. The third-order valence-corrected chi connectivity index (χ3v) is 5.72. The molecule has 1 aromatic carbocycles. The van der Waals surface area contributed by atoms with Crippen LogP contribution >= 0.6 is 11.3 Å². The normalized spacial score (nSPS) is 16.4. The van der Waals surface area contributed by atoms with Gasteiger partial charge in [0.2, 0.25) is 0 Å². The van der Waals surface area contributed by atoms with E-state index < -0.39 is 0 Å². The van der Waals surface area contributed by atoms with Crippen LogP contribution in [0, 0.1) is 0 Å². The molecule has 0 aliphatic carbocycles. The van der Waals surface area contributed by atoms with E-state index >= 15 is 0 Å². The zero-order valence-corrected chi connectivity index (χ0v) is 17.3. The number of guanidine groups is 1. The number of hydrogen-bond donors (Lipinski definition) is 2. The van der Waals surface area contributed by atoms with Gasteiger partial charge < -0.3 is 15.5 Å². The van der Waals surface area contributed by atoms with Gasteiger partial charge >= 0.3 is 0 Å². The van der Waals surface area contributed by atoms with Gasteiger partial charge in [-0.3, -0.25) is 0 Å². The lowest BCUT2D eigenvalue weighted by Gasteiger charge is -2.32. The number of aliphatic imine (C=N–C) groups is 1. The molecule has 1 aromatic heterocycles. The van der Waals surface area contributed by atoms with Gasteiger partial charge in [-0.15, -0.1) is 11.3 Å². The van der Waals surface area contributed by atoms with Gasteiger partial charge in [0.25, 0.3) is 0 Å². The Kier molecular flexibility index (Phi) is 7.66. The van der Waals surface area contributed by atoms with Crippen LogP contribution in [0.3, 0.4) is 0 Å². The highest BCUT2D eigenvalue weighted by molar-refractivity contribution is 7.13. The third-order valence-electron chi connectivity index (χ3n) is 4.78. The molecule has 0 atom stereocenters. The Morgan fingerprint density at radius 3 is 2.70 bits per heavy atom. The van der Waals surface area contributed by atoms with Crippen molar-refractivity contribution in [2.24, 2.45) is 4.99 Å². The van der Waals surface area contributed by atoms with Gasteiger partial charge in [0.05, 0.1) is 12.2 Å². The lowest BCUT2D eigenvalue weighted by molar-refractivity contribution is 0.206. The lowest BCUT2D eigenvalue weighted by Crippen LogP contribution is -2.48. The Hall–Kier alpha value is -1.92. The minimum Gasteiger partial charge on any atom is -0.357 e. The van der Waals surface area contributed by atoms with Crippen LogP contribution in [0.25, 0.3) is 10.6 Å². The van der Waals surface area contributed by atoms with Crippen molar-refractivity contribution in [2.45, 2.75) is 45.7 Å². The van der Waals surface area contributed by atoms with Gasteiger partial charge in [0.1, 0.15) is 5.01 Å². The first-order valence-corrected chi connectivity index (χ1v) is 10.9. The maximum atomic E-state index is 4.77. The van der Waals surface area contributed by atoms with Crippen LogP contribution < -0.4 is 10.6 Å². The number of rotatable bonds is 7. The minimum atomic E-state index is 0.506. The van der Waals surface area contributed by atoms with E-state index in [9.17, 15) is 0 Å². The molecule has 6 heteroatoms.